The van der Waals surface area contributed by atoms with Crippen molar-refractivity contribution < 1.29 is 19.1 Å². The van der Waals surface area contributed by atoms with Crippen molar-refractivity contribution in [1.29, 1.82) is 0 Å². The summed E-state index contributed by atoms with van der Waals surface area (Å²) in [5, 5.41) is 0. The number of esters is 1. The van der Waals surface area contributed by atoms with Crippen molar-refractivity contribution in [2.75, 3.05) is 4.90 Å². The maximum absolute atomic E-state index is 12.8. The Hall–Kier alpha value is -2.17. The molecule has 5 heteroatoms. The fourth-order valence-electron chi connectivity index (χ4n) is 4.69. The molecule has 3 fully saturated rings. The first-order valence-electron chi connectivity index (χ1n) is 8.66. The van der Waals surface area contributed by atoms with E-state index in [0.29, 0.717) is 23.1 Å². The van der Waals surface area contributed by atoms with E-state index in [4.69, 9.17) is 4.74 Å². The van der Waals surface area contributed by atoms with E-state index >= 15 is 0 Å². The van der Waals surface area contributed by atoms with Crippen LogP contribution in [0.5, 0.6) is 0 Å². The Balaban J connectivity index is 1.57. The van der Waals surface area contributed by atoms with Gasteiger partial charge in [-0.3, -0.25) is 14.5 Å². The number of nitrogens with zero attached hydrogens (tertiary/aromatic N) is 1. The molecular weight excluding hydrogens is 306 g/mol. The van der Waals surface area contributed by atoms with Crippen molar-refractivity contribution in [3.8, 4) is 0 Å². The number of amides is 2. The van der Waals surface area contributed by atoms with Crippen molar-refractivity contribution in [2.24, 2.45) is 23.7 Å². The zero-order valence-corrected chi connectivity index (χ0v) is 13.9. The van der Waals surface area contributed by atoms with E-state index in [-0.39, 0.29) is 29.8 Å². The van der Waals surface area contributed by atoms with Crippen LogP contribution in [0.15, 0.2) is 24.3 Å². The number of rotatable bonds is 3. The third-order valence-corrected chi connectivity index (χ3v) is 5.63. The van der Waals surface area contributed by atoms with Gasteiger partial charge in [0, 0.05) is 0 Å². The van der Waals surface area contributed by atoms with Crippen LogP contribution >= 0.6 is 0 Å². The zero-order chi connectivity index (χ0) is 17.0. The minimum absolute atomic E-state index is 0.0605. The zero-order valence-electron chi connectivity index (χ0n) is 13.9. The molecule has 5 nitrogen and oxygen atoms in total. The lowest BCUT2D eigenvalue weighted by Crippen LogP contribution is -2.32. The molecule has 1 aliphatic heterocycles. The van der Waals surface area contributed by atoms with Crippen LogP contribution < -0.4 is 4.90 Å². The molecule has 2 bridgehead atoms. The van der Waals surface area contributed by atoms with Crippen LogP contribution in [0.1, 0.15) is 43.5 Å². The van der Waals surface area contributed by atoms with Crippen LogP contribution in [0.2, 0.25) is 0 Å². The van der Waals surface area contributed by atoms with E-state index in [2.05, 4.69) is 0 Å². The predicted molar refractivity (Wildman–Crippen MR) is 87.3 cm³/mol. The monoisotopic (exact) mass is 327 g/mol. The summed E-state index contributed by atoms with van der Waals surface area (Å²) >= 11 is 0. The summed E-state index contributed by atoms with van der Waals surface area (Å²) in [6, 6.07) is 6.55. The molecule has 24 heavy (non-hydrogen) atoms. The fourth-order valence-corrected chi connectivity index (χ4v) is 4.69. The van der Waals surface area contributed by atoms with E-state index in [0.717, 1.165) is 19.3 Å². The van der Waals surface area contributed by atoms with Gasteiger partial charge in [0.05, 0.1) is 29.2 Å². The Bertz CT molecular complexity index is 681. The van der Waals surface area contributed by atoms with E-state index in [1.165, 1.54) is 4.90 Å². The Morgan fingerprint density at radius 1 is 1.04 bits per heavy atom. The summed E-state index contributed by atoms with van der Waals surface area (Å²) in [7, 11) is 0. The topological polar surface area (TPSA) is 63.7 Å². The highest BCUT2D eigenvalue weighted by Gasteiger charge is 2.61. The minimum Gasteiger partial charge on any atom is -0.459 e. The highest BCUT2D eigenvalue weighted by molar-refractivity contribution is 6.22. The van der Waals surface area contributed by atoms with Gasteiger partial charge in [-0.05, 0) is 69.2 Å². The average Bonchev–Trinajstić information content (AvgIpc) is 3.21. The van der Waals surface area contributed by atoms with Gasteiger partial charge < -0.3 is 4.74 Å². The second-order valence-corrected chi connectivity index (χ2v) is 7.40. The van der Waals surface area contributed by atoms with Crippen LogP contribution in [0.4, 0.5) is 5.69 Å². The minimum atomic E-state index is -0.398. The normalized spacial score (nSPS) is 31.0. The molecule has 1 aromatic rings. The number of hydrogen-bond acceptors (Lipinski definition) is 4. The molecule has 3 aliphatic rings. The van der Waals surface area contributed by atoms with Crippen LogP contribution in [0.25, 0.3) is 0 Å². The highest BCUT2D eigenvalue weighted by Crippen LogP contribution is 2.56. The lowest BCUT2D eigenvalue weighted by Gasteiger charge is -2.19. The summed E-state index contributed by atoms with van der Waals surface area (Å²) in [4.78, 5) is 38.8. The first-order chi connectivity index (χ1) is 11.5. The Morgan fingerprint density at radius 3 is 2.08 bits per heavy atom. The maximum Gasteiger partial charge on any atom is 0.338 e. The number of carbonyl (C=O) groups excluding carboxylic acids is 3. The van der Waals surface area contributed by atoms with Gasteiger partial charge in [-0.25, -0.2) is 4.79 Å². The molecule has 0 N–H and O–H groups in total. The van der Waals surface area contributed by atoms with Crippen molar-refractivity contribution in [3.05, 3.63) is 29.8 Å². The maximum atomic E-state index is 12.8. The van der Waals surface area contributed by atoms with E-state index in [9.17, 15) is 14.4 Å². The van der Waals surface area contributed by atoms with Crippen molar-refractivity contribution in [3.63, 3.8) is 0 Å². The van der Waals surface area contributed by atoms with Crippen LogP contribution in [-0.4, -0.2) is 23.9 Å². The smallest absolute Gasteiger partial charge is 0.338 e. The number of carbonyl (C=O) groups is 3. The second-order valence-electron chi connectivity index (χ2n) is 7.40. The predicted octanol–water partition coefficient (Wildman–Crippen LogP) is 2.79. The Labute approximate surface area is 141 Å². The SMILES string of the molecule is CC(C)OC(=O)c1ccc(N2C(=O)[C@@H]3[C@H]4CC[C@@H](C4)[C@@H]3C2=O)cc1. The lowest BCUT2D eigenvalue weighted by molar-refractivity contribution is -0.123. The van der Waals surface area contributed by atoms with Gasteiger partial charge in [-0.15, -0.1) is 0 Å². The summed E-state index contributed by atoms with van der Waals surface area (Å²) in [5.74, 6) is -0.0119. The summed E-state index contributed by atoms with van der Waals surface area (Å²) in [5.41, 5.74) is 0.978. The first kappa shape index (κ1) is 15.4. The summed E-state index contributed by atoms with van der Waals surface area (Å²) < 4.78 is 5.15. The molecule has 1 aromatic carbocycles. The Kier molecular flexibility index (Phi) is 3.48. The van der Waals surface area contributed by atoms with Gasteiger partial charge in [0.15, 0.2) is 0 Å². The van der Waals surface area contributed by atoms with Gasteiger partial charge >= 0.3 is 5.97 Å². The molecule has 0 aromatic heterocycles. The van der Waals surface area contributed by atoms with Crippen LogP contribution in [0.3, 0.4) is 0 Å². The molecule has 2 aliphatic carbocycles. The molecular formula is C19H21NO4. The molecule has 2 amide bonds. The third-order valence-electron chi connectivity index (χ3n) is 5.63. The van der Waals surface area contributed by atoms with E-state index < -0.39 is 5.97 Å². The van der Waals surface area contributed by atoms with Gasteiger partial charge in [0.1, 0.15) is 0 Å². The number of benzene rings is 1. The molecule has 4 atom stereocenters. The second kappa shape index (κ2) is 5.43. The number of imide groups is 1. The van der Waals surface area contributed by atoms with Crippen molar-refractivity contribution in [2.45, 2.75) is 39.2 Å². The molecule has 0 unspecified atom stereocenters. The molecule has 0 spiro atoms. The highest BCUT2D eigenvalue weighted by atomic mass is 16.5. The van der Waals surface area contributed by atoms with E-state index in [1.807, 2.05) is 0 Å². The molecule has 1 heterocycles. The first-order valence-corrected chi connectivity index (χ1v) is 8.66. The molecule has 0 radical (unpaired) electrons. The molecule has 1 saturated heterocycles. The van der Waals surface area contributed by atoms with Gasteiger partial charge in [-0.1, -0.05) is 0 Å². The van der Waals surface area contributed by atoms with Gasteiger partial charge in [0.2, 0.25) is 11.8 Å². The summed E-state index contributed by atoms with van der Waals surface area (Å²) in [6.45, 7) is 3.59. The number of anilines is 1. The largest absolute Gasteiger partial charge is 0.459 e. The molecule has 2 saturated carbocycles. The number of ether oxygens (including phenoxy) is 1. The number of fused-ring (bicyclic) bond motifs is 5. The van der Waals surface area contributed by atoms with Crippen LogP contribution in [0, 0.1) is 23.7 Å². The Morgan fingerprint density at radius 2 is 1.58 bits per heavy atom. The standard InChI is InChI=1S/C19H21NO4/c1-10(2)24-19(23)11-5-7-14(8-6-11)20-17(21)15-12-3-4-13(9-12)16(15)18(20)22/h5-8,10,12-13,15-16H,3-4,9H2,1-2H3/t12-,13-,15-,16+/m0/s1. The molecule has 126 valence electrons. The molecule has 4 rings (SSSR count). The van der Waals surface area contributed by atoms with E-state index in [1.54, 1.807) is 38.1 Å². The van der Waals surface area contributed by atoms with Crippen molar-refractivity contribution in [1.82, 2.24) is 0 Å². The third kappa shape index (κ3) is 2.18. The number of hydrogen-bond donors (Lipinski definition) is 0. The summed E-state index contributed by atoms with van der Waals surface area (Å²) in [6.07, 6.45) is 2.98. The lowest BCUT2D eigenvalue weighted by atomic mass is 9.81. The van der Waals surface area contributed by atoms with Gasteiger partial charge in [0.25, 0.3) is 0 Å². The van der Waals surface area contributed by atoms with Gasteiger partial charge in [-0.2, -0.15) is 0 Å². The average molecular weight is 327 g/mol. The van der Waals surface area contributed by atoms with Crippen LogP contribution in [-0.2, 0) is 14.3 Å². The fraction of sp³-hybridized carbons (Fsp3) is 0.526. The quantitative estimate of drug-likeness (QED) is 0.632. The van der Waals surface area contributed by atoms with Crippen molar-refractivity contribution >= 4 is 23.5 Å².